The molecule has 2 aromatic rings. The minimum Gasteiger partial charge on any atom is -0.417 e. The summed E-state index contributed by atoms with van der Waals surface area (Å²) in [4.78, 5) is 8.96. The Balaban J connectivity index is 1.32. The van der Waals surface area contributed by atoms with Crippen LogP contribution in [0.15, 0.2) is 30.9 Å². The Morgan fingerprint density at radius 3 is 2.67 bits per heavy atom. The van der Waals surface area contributed by atoms with Crippen molar-refractivity contribution in [1.82, 2.24) is 14.5 Å². The quantitative estimate of drug-likeness (QED) is 0.625. The van der Waals surface area contributed by atoms with E-state index >= 15 is 0 Å². The van der Waals surface area contributed by atoms with Crippen LogP contribution in [0.5, 0.6) is 0 Å². The van der Waals surface area contributed by atoms with Gasteiger partial charge in [0.05, 0.1) is 36.1 Å². The summed E-state index contributed by atoms with van der Waals surface area (Å²) in [6, 6.07) is 4.17. The van der Waals surface area contributed by atoms with Gasteiger partial charge < -0.3 is 14.1 Å². The van der Waals surface area contributed by atoms with Gasteiger partial charge in [0.1, 0.15) is 0 Å². The van der Waals surface area contributed by atoms with E-state index in [-0.39, 0.29) is 17.2 Å². The maximum absolute atomic E-state index is 11.1. The van der Waals surface area contributed by atoms with Gasteiger partial charge in [0, 0.05) is 24.8 Å². The van der Waals surface area contributed by atoms with Crippen molar-refractivity contribution in [3.63, 3.8) is 0 Å². The molecule has 2 atom stereocenters. The molecule has 0 saturated heterocycles. The summed E-state index contributed by atoms with van der Waals surface area (Å²) in [5.74, 6) is 1.01. The van der Waals surface area contributed by atoms with Crippen LogP contribution in [0.1, 0.15) is 64.6 Å². The van der Waals surface area contributed by atoms with Crippen LogP contribution < -0.4 is 0 Å². The molecule has 0 aromatic carbocycles. The molecule has 3 heterocycles. The van der Waals surface area contributed by atoms with Crippen LogP contribution in [-0.4, -0.2) is 40.7 Å². The smallest absolute Gasteiger partial charge is 0.191 e. The molecule has 2 aliphatic rings. The normalized spacial score (nSPS) is 25.1. The van der Waals surface area contributed by atoms with Crippen LogP contribution >= 0.6 is 0 Å². The minimum atomic E-state index is -1.68. The molecular weight excluding hydrogens is 390 g/mol. The summed E-state index contributed by atoms with van der Waals surface area (Å²) in [5.41, 5.74) is 3.34. The minimum absolute atomic E-state index is 0.0911. The Hall–Kier alpha value is -1.50. The zero-order valence-electron chi connectivity index (χ0n) is 19.1. The standard InChI is InChI=1S/C24H37N3O2Si/c1-24(2,3)30(4,5)29-15-17-8-10-18(11-9-17)22(28)13-20-23-19(7-6-12-26-23)21-14-25-16-27(20)21/h6-7,12,14,16-18,20,22,28H,8-11,13,15H2,1-5H3. The monoisotopic (exact) mass is 427 g/mol. The van der Waals surface area contributed by atoms with E-state index < -0.39 is 8.32 Å². The van der Waals surface area contributed by atoms with E-state index in [0.29, 0.717) is 18.3 Å². The van der Waals surface area contributed by atoms with E-state index in [1.165, 1.54) is 0 Å². The first-order valence-electron chi connectivity index (χ1n) is 11.5. The molecule has 1 aliphatic heterocycles. The lowest BCUT2D eigenvalue weighted by Crippen LogP contribution is -2.42. The lowest BCUT2D eigenvalue weighted by Gasteiger charge is -2.39. The molecule has 0 radical (unpaired) electrons. The zero-order chi connectivity index (χ0) is 21.5. The Bertz CT molecular complexity index is 865. The molecule has 1 fully saturated rings. The number of imidazole rings is 1. The van der Waals surface area contributed by atoms with Gasteiger partial charge in [0.25, 0.3) is 0 Å². The Kier molecular flexibility index (Phi) is 5.94. The molecule has 1 N–H and O–H groups in total. The maximum Gasteiger partial charge on any atom is 0.191 e. The van der Waals surface area contributed by atoms with Crippen molar-refractivity contribution in [2.75, 3.05) is 6.61 Å². The van der Waals surface area contributed by atoms with Crippen molar-refractivity contribution in [3.8, 4) is 11.3 Å². The zero-order valence-corrected chi connectivity index (χ0v) is 20.1. The van der Waals surface area contributed by atoms with Crippen LogP contribution in [0.4, 0.5) is 0 Å². The number of aliphatic hydroxyl groups excluding tert-OH is 1. The number of fused-ring (bicyclic) bond motifs is 3. The van der Waals surface area contributed by atoms with E-state index in [4.69, 9.17) is 4.43 Å². The Morgan fingerprint density at radius 1 is 1.23 bits per heavy atom. The number of aliphatic hydroxyl groups is 1. The molecule has 30 heavy (non-hydrogen) atoms. The molecular formula is C24H37N3O2Si. The molecule has 5 nitrogen and oxygen atoms in total. The van der Waals surface area contributed by atoms with Gasteiger partial charge >= 0.3 is 0 Å². The number of rotatable bonds is 6. The predicted molar refractivity (Wildman–Crippen MR) is 123 cm³/mol. The molecule has 2 unspecified atom stereocenters. The first kappa shape index (κ1) is 21.7. The van der Waals surface area contributed by atoms with Gasteiger partial charge in [-0.05, 0) is 67.8 Å². The van der Waals surface area contributed by atoms with Gasteiger partial charge in [0.2, 0.25) is 0 Å². The van der Waals surface area contributed by atoms with E-state index in [1.807, 2.05) is 24.8 Å². The van der Waals surface area contributed by atoms with Crippen molar-refractivity contribution < 1.29 is 9.53 Å². The van der Waals surface area contributed by atoms with E-state index in [1.54, 1.807) is 0 Å². The lowest BCUT2D eigenvalue weighted by atomic mass is 9.78. The second kappa shape index (κ2) is 8.21. The van der Waals surface area contributed by atoms with E-state index in [2.05, 4.69) is 54.5 Å². The summed E-state index contributed by atoms with van der Waals surface area (Å²) in [6.07, 6.45) is 10.5. The highest BCUT2D eigenvalue weighted by Crippen LogP contribution is 2.42. The topological polar surface area (TPSA) is 60.2 Å². The highest BCUT2D eigenvalue weighted by molar-refractivity contribution is 6.74. The average Bonchev–Trinajstić information content (AvgIpc) is 3.29. The number of hydrogen-bond donors (Lipinski definition) is 1. The SMILES string of the molecule is CC(C)(C)[Si](C)(C)OCC1CCC(C(O)CC2c3ncccc3-c3cncn32)CC1. The van der Waals surface area contributed by atoms with Crippen LogP contribution in [0.25, 0.3) is 11.3 Å². The predicted octanol–water partition coefficient (Wildman–Crippen LogP) is 5.43. The summed E-state index contributed by atoms with van der Waals surface area (Å²) < 4.78 is 8.64. The highest BCUT2D eigenvalue weighted by Gasteiger charge is 2.38. The fourth-order valence-corrected chi connectivity index (χ4v) is 5.81. The molecule has 1 saturated carbocycles. The molecule has 2 aromatic heterocycles. The molecule has 0 spiro atoms. The first-order valence-corrected chi connectivity index (χ1v) is 14.4. The van der Waals surface area contributed by atoms with Crippen LogP contribution in [0.3, 0.4) is 0 Å². The third-order valence-electron chi connectivity index (χ3n) is 7.82. The van der Waals surface area contributed by atoms with Crippen LogP contribution in [0, 0.1) is 11.8 Å². The van der Waals surface area contributed by atoms with Gasteiger partial charge in [-0.15, -0.1) is 0 Å². The summed E-state index contributed by atoms with van der Waals surface area (Å²) in [7, 11) is -1.68. The van der Waals surface area contributed by atoms with Gasteiger partial charge in [-0.25, -0.2) is 4.98 Å². The van der Waals surface area contributed by atoms with Gasteiger partial charge in [0.15, 0.2) is 8.32 Å². The molecule has 6 heteroatoms. The van der Waals surface area contributed by atoms with Crippen molar-refractivity contribution in [3.05, 3.63) is 36.5 Å². The largest absolute Gasteiger partial charge is 0.417 e. The maximum atomic E-state index is 11.1. The van der Waals surface area contributed by atoms with Gasteiger partial charge in [-0.2, -0.15) is 0 Å². The average molecular weight is 428 g/mol. The van der Waals surface area contributed by atoms with Crippen LogP contribution in [0.2, 0.25) is 18.1 Å². The number of pyridine rings is 1. The summed E-state index contributed by atoms with van der Waals surface area (Å²) in [5, 5.41) is 11.4. The number of aromatic nitrogens is 3. The lowest BCUT2D eigenvalue weighted by molar-refractivity contribution is 0.0511. The number of hydrogen-bond acceptors (Lipinski definition) is 4. The summed E-state index contributed by atoms with van der Waals surface area (Å²) >= 11 is 0. The van der Waals surface area contributed by atoms with Crippen molar-refractivity contribution in [2.45, 2.75) is 83.2 Å². The van der Waals surface area contributed by atoms with Crippen molar-refractivity contribution in [2.24, 2.45) is 11.8 Å². The fraction of sp³-hybridized carbons (Fsp3) is 0.667. The molecule has 4 rings (SSSR count). The second-order valence-corrected chi connectivity index (χ2v) is 15.6. The van der Waals surface area contributed by atoms with Gasteiger partial charge in [-0.3, -0.25) is 4.98 Å². The Labute approximate surface area is 182 Å². The fourth-order valence-electron chi connectivity index (χ4n) is 4.72. The van der Waals surface area contributed by atoms with Crippen molar-refractivity contribution in [1.29, 1.82) is 0 Å². The first-order chi connectivity index (χ1) is 14.2. The van der Waals surface area contributed by atoms with Crippen molar-refractivity contribution >= 4 is 8.32 Å². The third-order valence-corrected chi connectivity index (χ3v) is 12.3. The summed E-state index contributed by atoms with van der Waals surface area (Å²) in [6.45, 7) is 12.5. The van der Waals surface area contributed by atoms with E-state index in [9.17, 15) is 5.11 Å². The molecule has 1 aliphatic carbocycles. The second-order valence-electron chi connectivity index (χ2n) is 10.8. The van der Waals surface area contributed by atoms with Gasteiger partial charge in [-0.1, -0.05) is 20.8 Å². The molecule has 0 bridgehead atoms. The molecule has 0 amide bonds. The van der Waals surface area contributed by atoms with Crippen LogP contribution in [-0.2, 0) is 4.43 Å². The van der Waals surface area contributed by atoms with E-state index in [0.717, 1.165) is 49.2 Å². The Morgan fingerprint density at radius 2 is 1.97 bits per heavy atom. The number of nitrogens with zero attached hydrogens (tertiary/aromatic N) is 3. The molecule has 164 valence electrons. The third kappa shape index (κ3) is 4.14. The highest BCUT2D eigenvalue weighted by atomic mass is 28.4.